The number of aliphatic carboxylic acids is 1. The molecule has 1 aliphatic rings. The smallest absolute Gasteiger partial charge is 0.307 e. The summed E-state index contributed by atoms with van der Waals surface area (Å²) in [4.78, 5) is 13.9. The third-order valence-electron chi connectivity index (χ3n) is 5.25. The molecule has 0 spiro atoms. The summed E-state index contributed by atoms with van der Waals surface area (Å²) in [6.07, 6.45) is 1.57. The lowest BCUT2D eigenvalue weighted by Crippen LogP contribution is -2.41. The molecule has 4 rings (SSSR count). The predicted molar refractivity (Wildman–Crippen MR) is 112 cm³/mol. The Balaban J connectivity index is 1.85. The summed E-state index contributed by atoms with van der Waals surface area (Å²) in [6, 6.07) is 13.9. The zero-order valence-electron chi connectivity index (χ0n) is 14.6. The summed E-state index contributed by atoms with van der Waals surface area (Å²) in [5.41, 5.74) is 2.09. The molecule has 1 saturated heterocycles. The molecule has 1 aliphatic heterocycles. The molecule has 2 heterocycles. The van der Waals surface area contributed by atoms with Gasteiger partial charge in [-0.3, -0.25) is 9.69 Å². The molecule has 2 unspecified atom stereocenters. The Bertz CT molecular complexity index is 987. The first-order chi connectivity index (χ1) is 13.1. The van der Waals surface area contributed by atoms with Gasteiger partial charge in [0.15, 0.2) is 0 Å². The summed E-state index contributed by atoms with van der Waals surface area (Å²) in [6.45, 7) is 1.34. The molecule has 2 aromatic carbocycles. The molecule has 1 aromatic heterocycles. The van der Waals surface area contributed by atoms with Gasteiger partial charge in [0.05, 0.1) is 22.0 Å². The number of piperidine rings is 1. The van der Waals surface area contributed by atoms with Crippen LogP contribution in [0.2, 0.25) is 10.0 Å². The van der Waals surface area contributed by atoms with Gasteiger partial charge in [0, 0.05) is 11.2 Å². The Morgan fingerprint density at radius 1 is 1.15 bits per heavy atom. The number of halogens is 2. The molecule has 0 saturated carbocycles. The lowest BCUT2D eigenvalue weighted by Gasteiger charge is -2.37. The lowest BCUT2D eigenvalue weighted by atomic mass is 9.91. The predicted octanol–water partition coefficient (Wildman–Crippen LogP) is 6.09. The second-order valence-corrected chi connectivity index (χ2v) is 8.60. The van der Waals surface area contributed by atoms with Gasteiger partial charge in [0.25, 0.3) is 0 Å². The van der Waals surface area contributed by atoms with Crippen LogP contribution >= 0.6 is 34.5 Å². The van der Waals surface area contributed by atoms with Gasteiger partial charge in [-0.2, -0.15) is 0 Å². The molecule has 0 amide bonds. The monoisotopic (exact) mass is 419 g/mol. The number of likely N-dealkylation sites (tertiary alicyclic amines) is 1. The van der Waals surface area contributed by atoms with E-state index in [0.717, 1.165) is 24.1 Å². The van der Waals surface area contributed by atoms with Crippen LogP contribution in [-0.4, -0.2) is 29.1 Å². The van der Waals surface area contributed by atoms with Gasteiger partial charge in [0.1, 0.15) is 0 Å². The van der Waals surface area contributed by atoms with E-state index in [0.29, 0.717) is 23.0 Å². The Morgan fingerprint density at radius 3 is 2.78 bits per heavy atom. The van der Waals surface area contributed by atoms with Gasteiger partial charge < -0.3 is 5.11 Å². The first-order valence-electron chi connectivity index (χ1n) is 8.93. The molecular weight excluding hydrogens is 401 g/mol. The van der Waals surface area contributed by atoms with Crippen LogP contribution in [0.5, 0.6) is 0 Å². The normalized spacial score (nSPS) is 19.3. The number of carboxylic acids is 1. The molecule has 2 atom stereocenters. The van der Waals surface area contributed by atoms with Crippen molar-refractivity contribution in [2.75, 3.05) is 13.1 Å². The summed E-state index contributed by atoms with van der Waals surface area (Å²) in [5, 5.41) is 13.9. The number of hydrogen-bond acceptors (Lipinski definition) is 3. The van der Waals surface area contributed by atoms with Gasteiger partial charge in [0.2, 0.25) is 0 Å². The van der Waals surface area contributed by atoms with Gasteiger partial charge >= 0.3 is 5.97 Å². The Morgan fingerprint density at radius 2 is 1.96 bits per heavy atom. The maximum Gasteiger partial charge on any atom is 0.307 e. The van der Waals surface area contributed by atoms with Gasteiger partial charge in [-0.25, -0.2) is 0 Å². The number of carbonyl (C=O) groups is 1. The van der Waals surface area contributed by atoms with Crippen LogP contribution in [-0.2, 0) is 4.79 Å². The number of benzene rings is 2. The van der Waals surface area contributed by atoms with Crippen LogP contribution in [0.15, 0.2) is 47.8 Å². The molecule has 27 heavy (non-hydrogen) atoms. The largest absolute Gasteiger partial charge is 0.481 e. The second kappa shape index (κ2) is 7.80. The number of carboxylic acid groups (broad SMARTS) is 1. The Labute approximate surface area is 172 Å². The van der Waals surface area contributed by atoms with Crippen molar-refractivity contribution in [3.8, 4) is 0 Å². The van der Waals surface area contributed by atoms with E-state index in [2.05, 4.69) is 22.4 Å². The highest BCUT2D eigenvalue weighted by Crippen LogP contribution is 2.42. The standard InChI is InChI=1S/C21H19Cl2NO2S/c22-17-8-3-7-15(19(17)23)20(24-10-4-5-13(11-24)21(25)26)16-12-27-18-9-2-1-6-14(16)18/h1-3,6-9,12-13,20H,4-5,10-11H2,(H,25,26). The van der Waals surface area contributed by atoms with E-state index in [1.54, 1.807) is 17.4 Å². The average Bonchev–Trinajstić information content (AvgIpc) is 3.10. The Kier molecular flexibility index (Phi) is 5.42. The molecule has 3 nitrogen and oxygen atoms in total. The molecule has 1 fully saturated rings. The van der Waals surface area contributed by atoms with Gasteiger partial charge in [-0.1, -0.05) is 53.5 Å². The highest BCUT2D eigenvalue weighted by atomic mass is 35.5. The molecule has 0 bridgehead atoms. The molecule has 1 N–H and O–H groups in total. The summed E-state index contributed by atoms with van der Waals surface area (Å²) in [5.74, 6) is -1.09. The van der Waals surface area contributed by atoms with E-state index in [4.69, 9.17) is 23.2 Å². The minimum Gasteiger partial charge on any atom is -0.481 e. The molecule has 140 valence electrons. The van der Waals surface area contributed by atoms with E-state index in [9.17, 15) is 9.90 Å². The van der Waals surface area contributed by atoms with E-state index in [1.165, 1.54) is 10.1 Å². The fourth-order valence-corrected chi connectivity index (χ4v) is 5.34. The summed E-state index contributed by atoms with van der Waals surface area (Å²) in [7, 11) is 0. The van der Waals surface area contributed by atoms with E-state index < -0.39 is 5.97 Å². The first kappa shape index (κ1) is 18.8. The van der Waals surface area contributed by atoms with E-state index in [-0.39, 0.29) is 12.0 Å². The summed E-state index contributed by atoms with van der Waals surface area (Å²) >= 11 is 14.6. The highest BCUT2D eigenvalue weighted by Gasteiger charge is 2.33. The van der Waals surface area contributed by atoms with Crippen LogP contribution in [0.1, 0.15) is 30.0 Å². The number of thiophene rings is 1. The van der Waals surface area contributed by atoms with Crippen molar-refractivity contribution in [2.24, 2.45) is 5.92 Å². The van der Waals surface area contributed by atoms with Crippen molar-refractivity contribution in [1.82, 2.24) is 4.90 Å². The van der Waals surface area contributed by atoms with Crippen LogP contribution < -0.4 is 0 Å². The minimum absolute atomic E-state index is 0.116. The minimum atomic E-state index is -0.731. The van der Waals surface area contributed by atoms with Crippen LogP contribution in [0.25, 0.3) is 10.1 Å². The van der Waals surface area contributed by atoms with Crippen LogP contribution in [0.3, 0.4) is 0 Å². The topological polar surface area (TPSA) is 40.5 Å². The maximum atomic E-state index is 11.6. The second-order valence-electron chi connectivity index (χ2n) is 6.91. The summed E-state index contributed by atoms with van der Waals surface area (Å²) < 4.78 is 1.21. The van der Waals surface area contributed by atoms with Crippen molar-refractivity contribution in [3.63, 3.8) is 0 Å². The van der Waals surface area contributed by atoms with Crippen LogP contribution in [0, 0.1) is 5.92 Å². The average molecular weight is 420 g/mol. The molecule has 0 radical (unpaired) electrons. The molecule has 3 aromatic rings. The number of rotatable bonds is 4. The lowest BCUT2D eigenvalue weighted by molar-refractivity contribution is -0.143. The molecule has 6 heteroatoms. The third kappa shape index (κ3) is 3.59. The molecular formula is C21H19Cl2NO2S. The Hall–Kier alpha value is -1.59. The van der Waals surface area contributed by atoms with E-state index >= 15 is 0 Å². The third-order valence-corrected chi connectivity index (χ3v) is 7.06. The van der Waals surface area contributed by atoms with E-state index in [1.807, 2.05) is 24.3 Å². The SMILES string of the molecule is O=C(O)C1CCCN(C(c2cccc(Cl)c2Cl)c2csc3ccccc23)C1. The van der Waals surface area contributed by atoms with Crippen molar-refractivity contribution in [1.29, 1.82) is 0 Å². The van der Waals surface area contributed by atoms with Gasteiger partial charge in [-0.05, 0) is 53.4 Å². The van der Waals surface area contributed by atoms with Crippen LogP contribution in [0.4, 0.5) is 0 Å². The van der Waals surface area contributed by atoms with Crippen molar-refractivity contribution >= 4 is 50.6 Å². The quantitative estimate of drug-likeness (QED) is 0.555. The fourth-order valence-electron chi connectivity index (χ4n) is 3.95. The number of nitrogens with zero attached hydrogens (tertiary/aromatic N) is 1. The fraction of sp³-hybridized carbons (Fsp3) is 0.286. The highest BCUT2D eigenvalue weighted by molar-refractivity contribution is 7.17. The number of hydrogen-bond donors (Lipinski definition) is 1. The maximum absolute atomic E-state index is 11.6. The number of fused-ring (bicyclic) bond motifs is 1. The van der Waals surface area contributed by atoms with Crippen molar-refractivity contribution in [2.45, 2.75) is 18.9 Å². The van der Waals surface area contributed by atoms with Gasteiger partial charge in [-0.15, -0.1) is 11.3 Å². The zero-order valence-corrected chi connectivity index (χ0v) is 16.9. The van der Waals surface area contributed by atoms with Crippen molar-refractivity contribution in [3.05, 3.63) is 69.0 Å². The molecule has 0 aliphatic carbocycles. The zero-order chi connectivity index (χ0) is 19.0. The van der Waals surface area contributed by atoms with Crippen molar-refractivity contribution < 1.29 is 9.90 Å². The first-order valence-corrected chi connectivity index (χ1v) is 10.6.